The fourth-order valence-electron chi connectivity index (χ4n) is 3.78. The Kier molecular flexibility index (Phi) is 2.88. The third kappa shape index (κ3) is 1.66. The van der Waals surface area contributed by atoms with Crippen molar-refractivity contribution >= 4 is 12.1 Å². The van der Waals surface area contributed by atoms with Gasteiger partial charge in [0, 0.05) is 0 Å². The molecule has 2 atom stereocenters. The Morgan fingerprint density at radius 1 is 1.21 bits per heavy atom. The summed E-state index contributed by atoms with van der Waals surface area (Å²) >= 11 is 0. The van der Waals surface area contributed by atoms with Crippen molar-refractivity contribution in [2.45, 2.75) is 52.2 Å². The highest BCUT2D eigenvalue weighted by Crippen LogP contribution is 2.75. The zero-order valence-electron chi connectivity index (χ0n) is 12.5. The summed E-state index contributed by atoms with van der Waals surface area (Å²) in [6, 6.07) is 0. The molecule has 0 aromatic carbocycles. The first-order chi connectivity index (χ1) is 8.60. The minimum absolute atomic E-state index is 0.0926. The van der Waals surface area contributed by atoms with E-state index in [0.717, 1.165) is 0 Å². The molecule has 5 nitrogen and oxygen atoms in total. The maximum atomic E-state index is 11.9. The molecule has 0 radical (unpaired) electrons. The molecule has 0 aliphatic heterocycles. The van der Waals surface area contributed by atoms with Crippen molar-refractivity contribution < 1.29 is 19.1 Å². The van der Waals surface area contributed by atoms with Crippen molar-refractivity contribution in [1.82, 2.24) is 5.32 Å². The van der Waals surface area contributed by atoms with E-state index in [9.17, 15) is 9.59 Å². The molecule has 3 fully saturated rings. The second-order valence-corrected chi connectivity index (χ2v) is 6.82. The predicted octanol–water partition coefficient (Wildman–Crippen LogP) is 2.10. The number of carbonyl (C=O) groups excluding carboxylic acids is 2. The lowest BCUT2D eigenvalue weighted by Gasteiger charge is -2.77. The molecule has 2 bridgehead atoms. The summed E-state index contributed by atoms with van der Waals surface area (Å²) in [5, 5.41) is 2.95. The number of nitrogens with one attached hydrogen (secondary N) is 1. The van der Waals surface area contributed by atoms with Crippen molar-refractivity contribution in [3.05, 3.63) is 0 Å². The normalized spacial score (nSPS) is 39.7. The first-order valence-electron chi connectivity index (χ1n) is 6.70. The summed E-state index contributed by atoms with van der Waals surface area (Å²) in [7, 11) is 1.41. The molecular weight excluding hydrogens is 246 g/mol. The fraction of sp³-hybridized carbons (Fsp3) is 0.857. The maximum absolute atomic E-state index is 11.9. The molecule has 3 saturated carbocycles. The van der Waals surface area contributed by atoms with E-state index < -0.39 is 17.1 Å². The smallest absolute Gasteiger partial charge is 0.408 e. The molecule has 0 spiro atoms. The number of hydrogen-bond acceptors (Lipinski definition) is 4. The maximum Gasteiger partial charge on any atom is 0.408 e. The Labute approximate surface area is 114 Å². The van der Waals surface area contributed by atoms with Crippen LogP contribution in [-0.2, 0) is 14.3 Å². The number of carbonyl (C=O) groups is 2. The molecule has 5 heteroatoms. The molecule has 0 heterocycles. The van der Waals surface area contributed by atoms with Gasteiger partial charge in [-0.15, -0.1) is 0 Å². The molecule has 0 aromatic heterocycles. The van der Waals surface area contributed by atoms with Crippen LogP contribution in [0.4, 0.5) is 4.79 Å². The lowest BCUT2D eigenvalue weighted by molar-refractivity contribution is -0.275. The Hall–Kier alpha value is -1.26. The average molecular weight is 269 g/mol. The molecular formula is C14H23NO4. The molecule has 0 unspecified atom stereocenters. The lowest BCUT2D eigenvalue weighted by Crippen LogP contribution is -2.88. The zero-order valence-corrected chi connectivity index (χ0v) is 12.5. The average Bonchev–Trinajstić information content (AvgIpc) is 2.30. The van der Waals surface area contributed by atoms with Crippen molar-refractivity contribution in [2.24, 2.45) is 17.3 Å². The van der Waals surface area contributed by atoms with Crippen LogP contribution in [0.25, 0.3) is 0 Å². The van der Waals surface area contributed by atoms with Crippen LogP contribution in [-0.4, -0.2) is 30.3 Å². The van der Waals surface area contributed by atoms with Gasteiger partial charge in [0.25, 0.3) is 0 Å². The lowest BCUT2D eigenvalue weighted by atomic mass is 9.28. The van der Waals surface area contributed by atoms with Crippen LogP contribution in [0.2, 0.25) is 0 Å². The van der Waals surface area contributed by atoms with Gasteiger partial charge in [-0.25, -0.2) is 4.79 Å². The number of alkyl carbamates (subject to hydrolysis) is 1. The van der Waals surface area contributed by atoms with Crippen molar-refractivity contribution in [3.63, 3.8) is 0 Å². The molecule has 3 aliphatic rings. The molecule has 3 aliphatic carbocycles. The van der Waals surface area contributed by atoms with Gasteiger partial charge in [-0.3, -0.25) is 4.79 Å². The number of hydrogen-bond donors (Lipinski definition) is 1. The number of amides is 1. The highest BCUT2D eigenvalue weighted by molar-refractivity contribution is 5.85. The topological polar surface area (TPSA) is 64.6 Å². The largest absolute Gasteiger partial charge is 0.469 e. The minimum Gasteiger partial charge on any atom is -0.469 e. The van der Waals surface area contributed by atoms with Gasteiger partial charge in [-0.05, 0) is 39.0 Å². The van der Waals surface area contributed by atoms with Crippen molar-refractivity contribution in [2.75, 3.05) is 7.11 Å². The standard InChI is InChI=1S/C14H23NO4/c1-8-13(10(16)18-6)7-14(8,9(13)2)15-11(17)19-12(3,4)5/h8-9H,7H2,1-6H3,(H,15,17)/t8-,9-,13?,14?/m0/s1. The quantitative estimate of drug-likeness (QED) is 0.780. The van der Waals surface area contributed by atoms with E-state index in [-0.39, 0.29) is 23.3 Å². The van der Waals surface area contributed by atoms with Gasteiger partial charge in [0.05, 0.1) is 18.1 Å². The monoisotopic (exact) mass is 269 g/mol. The molecule has 0 saturated heterocycles. The predicted molar refractivity (Wildman–Crippen MR) is 69.5 cm³/mol. The van der Waals surface area contributed by atoms with E-state index in [1.54, 1.807) is 0 Å². The van der Waals surface area contributed by atoms with Gasteiger partial charge in [-0.2, -0.15) is 0 Å². The summed E-state index contributed by atoms with van der Waals surface area (Å²) in [6.45, 7) is 9.46. The summed E-state index contributed by atoms with van der Waals surface area (Å²) < 4.78 is 10.2. The number of rotatable bonds is 2. The van der Waals surface area contributed by atoms with Crippen molar-refractivity contribution in [3.8, 4) is 0 Å². The van der Waals surface area contributed by atoms with Crippen LogP contribution in [0.1, 0.15) is 41.0 Å². The Morgan fingerprint density at radius 3 is 2.11 bits per heavy atom. The van der Waals surface area contributed by atoms with Crippen LogP contribution < -0.4 is 5.32 Å². The van der Waals surface area contributed by atoms with E-state index in [1.807, 2.05) is 34.6 Å². The second kappa shape index (κ2) is 3.87. The third-order valence-corrected chi connectivity index (χ3v) is 4.97. The van der Waals surface area contributed by atoms with Crippen LogP contribution in [0, 0.1) is 17.3 Å². The first-order valence-corrected chi connectivity index (χ1v) is 6.70. The molecule has 1 amide bonds. The molecule has 19 heavy (non-hydrogen) atoms. The molecule has 1 N–H and O–H groups in total. The van der Waals surface area contributed by atoms with Crippen LogP contribution in [0.3, 0.4) is 0 Å². The van der Waals surface area contributed by atoms with Gasteiger partial charge >= 0.3 is 12.1 Å². The van der Waals surface area contributed by atoms with E-state index in [2.05, 4.69) is 5.32 Å². The highest BCUT2D eigenvalue weighted by atomic mass is 16.6. The van der Waals surface area contributed by atoms with Crippen molar-refractivity contribution in [1.29, 1.82) is 0 Å². The summed E-state index contributed by atoms with van der Waals surface area (Å²) in [5.74, 6) is 0.0188. The molecule has 108 valence electrons. The van der Waals surface area contributed by atoms with Crippen LogP contribution >= 0.6 is 0 Å². The molecule has 0 aromatic rings. The number of methoxy groups -OCH3 is 1. The summed E-state index contributed by atoms with van der Waals surface area (Å²) in [6.07, 6.45) is 0.234. The van der Waals surface area contributed by atoms with Gasteiger partial charge in [0.1, 0.15) is 5.60 Å². The van der Waals surface area contributed by atoms with Gasteiger partial charge in [0.15, 0.2) is 0 Å². The summed E-state index contributed by atoms with van der Waals surface area (Å²) in [4.78, 5) is 23.7. The highest BCUT2D eigenvalue weighted by Gasteiger charge is 2.83. The third-order valence-electron chi connectivity index (χ3n) is 4.97. The van der Waals surface area contributed by atoms with E-state index >= 15 is 0 Å². The van der Waals surface area contributed by atoms with Crippen LogP contribution in [0.5, 0.6) is 0 Å². The zero-order chi connectivity index (χ0) is 14.6. The van der Waals surface area contributed by atoms with E-state index in [0.29, 0.717) is 6.42 Å². The first kappa shape index (κ1) is 14.2. The van der Waals surface area contributed by atoms with E-state index in [1.165, 1.54) is 7.11 Å². The Morgan fingerprint density at radius 2 is 1.74 bits per heavy atom. The molecule has 3 rings (SSSR count). The number of esters is 1. The van der Waals surface area contributed by atoms with E-state index in [4.69, 9.17) is 9.47 Å². The SMILES string of the molecule is COC(=O)C12CC(NC(=O)OC(C)(C)C)([C@H]1C)[C@H]2C. The van der Waals surface area contributed by atoms with Gasteiger partial charge < -0.3 is 14.8 Å². The number of ether oxygens (including phenoxy) is 2. The van der Waals surface area contributed by atoms with Gasteiger partial charge in [-0.1, -0.05) is 13.8 Å². The summed E-state index contributed by atoms with van der Waals surface area (Å²) in [5.41, 5.74) is -1.24. The van der Waals surface area contributed by atoms with Gasteiger partial charge in [0.2, 0.25) is 0 Å². The fourth-order valence-corrected chi connectivity index (χ4v) is 3.78. The Balaban J connectivity index is 2.02. The second-order valence-electron chi connectivity index (χ2n) is 6.82. The Bertz CT molecular complexity index is 414. The van der Waals surface area contributed by atoms with Crippen LogP contribution in [0.15, 0.2) is 0 Å². The minimum atomic E-state index is -0.514.